The maximum Gasteiger partial charge on any atom is 0.311 e. The predicted octanol–water partition coefficient (Wildman–Crippen LogP) is 1.52. The highest BCUT2D eigenvalue weighted by Gasteiger charge is 2.37. The molecule has 5 nitrogen and oxygen atoms in total. The van der Waals surface area contributed by atoms with Gasteiger partial charge in [-0.3, -0.25) is 9.59 Å². The Morgan fingerprint density at radius 1 is 1.14 bits per heavy atom. The second kappa shape index (κ2) is 7.78. The molecule has 1 heterocycles. The molecule has 1 fully saturated rings. The van der Waals surface area contributed by atoms with Crippen LogP contribution in [0.4, 0.5) is 0 Å². The molecule has 0 spiro atoms. The van der Waals surface area contributed by atoms with E-state index in [0.29, 0.717) is 26.1 Å². The standard InChI is InChI=1S/C16H21NO4/c1-2-20-16(19)14-10-17-9-8-13(14)15(18)21-11-12-6-4-3-5-7-12/h3-7,13-14,17H,2,8-11H2,1H3. The van der Waals surface area contributed by atoms with E-state index in [4.69, 9.17) is 9.47 Å². The molecule has 2 atom stereocenters. The summed E-state index contributed by atoms with van der Waals surface area (Å²) in [6, 6.07) is 9.51. The number of hydrogen-bond acceptors (Lipinski definition) is 5. The molecule has 0 saturated carbocycles. The zero-order chi connectivity index (χ0) is 15.1. The Labute approximate surface area is 124 Å². The largest absolute Gasteiger partial charge is 0.466 e. The summed E-state index contributed by atoms with van der Waals surface area (Å²) < 4.78 is 10.4. The molecule has 0 aromatic heterocycles. The fraction of sp³-hybridized carbons (Fsp3) is 0.500. The molecule has 1 aliphatic rings. The Bertz CT molecular complexity index is 474. The first-order valence-electron chi connectivity index (χ1n) is 7.30. The Hall–Kier alpha value is -1.88. The molecule has 2 unspecified atom stereocenters. The molecule has 2 rings (SSSR count). The van der Waals surface area contributed by atoms with E-state index in [-0.39, 0.29) is 18.5 Å². The topological polar surface area (TPSA) is 64.6 Å². The van der Waals surface area contributed by atoms with Gasteiger partial charge in [0.2, 0.25) is 0 Å². The summed E-state index contributed by atoms with van der Waals surface area (Å²) in [5.41, 5.74) is 0.937. The SMILES string of the molecule is CCOC(=O)C1CNCCC1C(=O)OCc1ccccc1. The van der Waals surface area contributed by atoms with Gasteiger partial charge < -0.3 is 14.8 Å². The van der Waals surface area contributed by atoms with Crippen LogP contribution < -0.4 is 5.32 Å². The number of carbonyl (C=O) groups excluding carboxylic acids is 2. The van der Waals surface area contributed by atoms with Gasteiger partial charge in [-0.1, -0.05) is 30.3 Å². The predicted molar refractivity (Wildman–Crippen MR) is 77.3 cm³/mol. The molecule has 21 heavy (non-hydrogen) atoms. The van der Waals surface area contributed by atoms with Gasteiger partial charge in [0.05, 0.1) is 18.4 Å². The molecule has 0 radical (unpaired) electrons. The first-order valence-corrected chi connectivity index (χ1v) is 7.30. The van der Waals surface area contributed by atoms with Crippen molar-refractivity contribution in [1.82, 2.24) is 5.32 Å². The van der Waals surface area contributed by atoms with Gasteiger partial charge in [-0.05, 0) is 25.5 Å². The van der Waals surface area contributed by atoms with Crippen LogP contribution in [0.5, 0.6) is 0 Å². The van der Waals surface area contributed by atoms with Crippen molar-refractivity contribution >= 4 is 11.9 Å². The quantitative estimate of drug-likeness (QED) is 0.833. The van der Waals surface area contributed by atoms with Crippen molar-refractivity contribution in [3.63, 3.8) is 0 Å². The third-order valence-electron chi connectivity index (χ3n) is 3.60. The lowest BCUT2D eigenvalue weighted by molar-refractivity contribution is -0.162. The lowest BCUT2D eigenvalue weighted by Gasteiger charge is -2.28. The van der Waals surface area contributed by atoms with Crippen LogP contribution in [0.15, 0.2) is 30.3 Å². The third kappa shape index (κ3) is 4.29. The number of esters is 2. The molecule has 5 heteroatoms. The van der Waals surface area contributed by atoms with E-state index < -0.39 is 11.8 Å². The van der Waals surface area contributed by atoms with Gasteiger partial charge in [-0.15, -0.1) is 0 Å². The maximum absolute atomic E-state index is 12.2. The number of carbonyl (C=O) groups is 2. The van der Waals surface area contributed by atoms with Gasteiger partial charge in [0.1, 0.15) is 6.61 Å². The number of ether oxygens (including phenoxy) is 2. The Balaban J connectivity index is 1.93. The normalized spacial score (nSPS) is 21.6. The minimum absolute atomic E-state index is 0.235. The van der Waals surface area contributed by atoms with Crippen molar-refractivity contribution in [2.75, 3.05) is 19.7 Å². The van der Waals surface area contributed by atoms with Crippen molar-refractivity contribution in [3.05, 3.63) is 35.9 Å². The molecule has 1 aromatic carbocycles. The van der Waals surface area contributed by atoms with Gasteiger partial charge in [-0.2, -0.15) is 0 Å². The fourth-order valence-electron chi connectivity index (χ4n) is 2.47. The summed E-state index contributed by atoms with van der Waals surface area (Å²) in [4.78, 5) is 24.1. The molecule has 0 aliphatic carbocycles. The molecule has 1 saturated heterocycles. The summed E-state index contributed by atoms with van der Waals surface area (Å²) >= 11 is 0. The van der Waals surface area contributed by atoms with Gasteiger partial charge in [0, 0.05) is 6.54 Å². The molecule has 0 bridgehead atoms. The number of rotatable bonds is 5. The minimum atomic E-state index is -0.457. The average molecular weight is 291 g/mol. The third-order valence-corrected chi connectivity index (χ3v) is 3.60. The number of hydrogen-bond donors (Lipinski definition) is 1. The summed E-state index contributed by atoms with van der Waals surface area (Å²) in [5.74, 6) is -1.53. The lowest BCUT2D eigenvalue weighted by Crippen LogP contribution is -2.45. The summed E-state index contributed by atoms with van der Waals surface area (Å²) in [6.07, 6.45) is 0.594. The fourth-order valence-corrected chi connectivity index (χ4v) is 2.47. The van der Waals surface area contributed by atoms with Crippen LogP contribution in [0.25, 0.3) is 0 Å². The van der Waals surface area contributed by atoms with Crippen molar-refractivity contribution in [2.45, 2.75) is 20.0 Å². The Morgan fingerprint density at radius 3 is 2.57 bits per heavy atom. The van der Waals surface area contributed by atoms with Gasteiger partial charge in [-0.25, -0.2) is 0 Å². The monoisotopic (exact) mass is 291 g/mol. The maximum atomic E-state index is 12.2. The zero-order valence-electron chi connectivity index (χ0n) is 12.2. The van der Waals surface area contributed by atoms with E-state index in [9.17, 15) is 9.59 Å². The minimum Gasteiger partial charge on any atom is -0.466 e. The molecular formula is C16H21NO4. The number of piperidine rings is 1. The second-order valence-electron chi connectivity index (χ2n) is 5.05. The first-order chi connectivity index (χ1) is 10.2. The van der Waals surface area contributed by atoms with Crippen LogP contribution >= 0.6 is 0 Å². The van der Waals surface area contributed by atoms with Gasteiger partial charge in [0.15, 0.2) is 0 Å². The summed E-state index contributed by atoms with van der Waals surface area (Å²) in [5, 5.41) is 3.12. The number of nitrogens with one attached hydrogen (secondary N) is 1. The molecule has 0 amide bonds. The smallest absolute Gasteiger partial charge is 0.311 e. The van der Waals surface area contributed by atoms with Crippen molar-refractivity contribution < 1.29 is 19.1 Å². The van der Waals surface area contributed by atoms with Gasteiger partial charge in [0.25, 0.3) is 0 Å². The van der Waals surface area contributed by atoms with Crippen molar-refractivity contribution in [1.29, 1.82) is 0 Å². The Kier molecular flexibility index (Phi) is 5.75. The van der Waals surface area contributed by atoms with Gasteiger partial charge >= 0.3 is 11.9 Å². The lowest BCUT2D eigenvalue weighted by atomic mass is 9.86. The van der Waals surface area contributed by atoms with Crippen LogP contribution in [0.1, 0.15) is 18.9 Å². The van der Waals surface area contributed by atoms with E-state index >= 15 is 0 Å². The zero-order valence-corrected chi connectivity index (χ0v) is 12.2. The van der Waals surface area contributed by atoms with E-state index in [2.05, 4.69) is 5.32 Å². The second-order valence-corrected chi connectivity index (χ2v) is 5.05. The van der Waals surface area contributed by atoms with Crippen molar-refractivity contribution in [3.8, 4) is 0 Å². The van der Waals surface area contributed by atoms with Crippen LogP contribution in [0.3, 0.4) is 0 Å². The van der Waals surface area contributed by atoms with Crippen LogP contribution in [-0.2, 0) is 25.7 Å². The van der Waals surface area contributed by atoms with E-state index in [1.807, 2.05) is 30.3 Å². The Morgan fingerprint density at radius 2 is 1.86 bits per heavy atom. The summed E-state index contributed by atoms with van der Waals surface area (Å²) in [7, 11) is 0. The molecule has 1 aliphatic heterocycles. The number of benzene rings is 1. The molecule has 114 valence electrons. The highest BCUT2D eigenvalue weighted by molar-refractivity contribution is 5.82. The average Bonchev–Trinajstić information content (AvgIpc) is 2.54. The van der Waals surface area contributed by atoms with E-state index in [1.54, 1.807) is 6.92 Å². The molecule has 1 aromatic rings. The summed E-state index contributed by atoms with van der Waals surface area (Å²) in [6.45, 7) is 3.49. The highest BCUT2D eigenvalue weighted by Crippen LogP contribution is 2.22. The first kappa shape index (κ1) is 15.5. The van der Waals surface area contributed by atoms with Crippen LogP contribution in [-0.4, -0.2) is 31.6 Å². The van der Waals surface area contributed by atoms with Crippen LogP contribution in [0.2, 0.25) is 0 Å². The van der Waals surface area contributed by atoms with E-state index in [1.165, 1.54) is 0 Å². The van der Waals surface area contributed by atoms with E-state index in [0.717, 1.165) is 5.56 Å². The highest BCUT2D eigenvalue weighted by atomic mass is 16.5. The van der Waals surface area contributed by atoms with Crippen LogP contribution in [0, 0.1) is 11.8 Å². The molecule has 1 N–H and O–H groups in total. The van der Waals surface area contributed by atoms with Crippen molar-refractivity contribution in [2.24, 2.45) is 11.8 Å². The molecular weight excluding hydrogens is 270 g/mol.